The highest BCUT2D eigenvalue weighted by Crippen LogP contribution is 2.34. The van der Waals surface area contributed by atoms with Gasteiger partial charge >= 0.3 is 6.18 Å². The van der Waals surface area contributed by atoms with E-state index < -0.39 is 29.4 Å². The molecule has 0 radical (unpaired) electrons. The van der Waals surface area contributed by atoms with Crippen molar-refractivity contribution < 1.29 is 22.7 Å². The number of alkyl halides is 3. The van der Waals surface area contributed by atoms with Gasteiger partial charge in [0.05, 0.1) is 18.2 Å². The van der Waals surface area contributed by atoms with Crippen LogP contribution in [0.25, 0.3) is 0 Å². The molecule has 9 heteroatoms. The van der Waals surface area contributed by atoms with E-state index in [0.717, 1.165) is 19.4 Å². The highest BCUT2D eigenvalue weighted by molar-refractivity contribution is 5.96. The van der Waals surface area contributed by atoms with Crippen LogP contribution in [0.3, 0.4) is 0 Å². The Bertz CT molecular complexity index is 615. The summed E-state index contributed by atoms with van der Waals surface area (Å²) in [6.07, 6.45) is -3.06. The van der Waals surface area contributed by atoms with Gasteiger partial charge in [0.1, 0.15) is 0 Å². The van der Waals surface area contributed by atoms with Gasteiger partial charge in [-0.05, 0) is 40.3 Å². The van der Waals surface area contributed by atoms with E-state index in [2.05, 4.69) is 15.3 Å². The number of piperidine rings is 1. The van der Waals surface area contributed by atoms with E-state index in [9.17, 15) is 18.0 Å². The van der Waals surface area contributed by atoms with Crippen LogP contribution in [0.1, 0.15) is 47.6 Å². The predicted octanol–water partition coefficient (Wildman–Crippen LogP) is 2.24. The Balaban J connectivity index is 2.38. The van der Waals surface area contributed by atoms with Crippen LogP contribution >= 0.6 is 0 Å². The van der Waals surface area contributed by atoms with Crippen LogP contribution in [0.4, 0.5) is 13.2 Å². The number of halogens is 3. The molecule has 2 rings (SSSR count). The first kappa shape index (κ1) is 19.7. The molecule has 2 atom stereocenters. The molecule has 1 aliphatic rings. The van der Waals surface area contributed by atoms with Gasteiger partial charge in [0.2, 0.25) is 0 Å². The van der Waals surface area contributed by atoms with Crippen LogP contribution < -0.4 is 5.32 Å². The maximum absolute atomic E-state index is 13.4. The topological polar surface area (TPSA) is 59.4 Å². The number of carbonyl (C=O) groups is 1. The molecule has 1 amide bonds. The van der Waals surface area contributed by atoms with E-state index in [4.69, 9.17) is 4.74 Å². The minimum absolute atomic E-state index is 0.169. The molecule has 0 spiro atoms. The van der Waals surface area contributed by atoms with E-state index in [1.54, 1.807) is 6.92 Å². The van der Waals surface area contributed by atoms with Gasteiger partial charge in [-0.25, -0.2) is 0 Å². The number of rotatable bonds is 5. The summed E-state index contributed by atoms with van der Waals surface area (Å²) < 4.78 is 46.6. The summed E-state index contributed by atoms with van der Waals surface area (Å²) in [5.41, 5.74) is -1.28. The van der Waals surface area contributed by atoms with Crippen molar-refractivity contribution in [3.05, 3.63) is 17.0 Å². The zero-order valence-corrected chi connectivity index (χ0v) is 15.0. The highest BCUT2D eigenvalue weighted by atomic mass is 19.4. The first-order valence-corrected chi connectivity index (χ1v) is 8.29. The molecule has 0 aromatic carbocycles. The van der Waals surface area contributed by atoms with Gasteiger partial charge in [0.25, 0.3) is 5.91 Å². The van der Waals surface area contributed by atoms with Crippen molar-refractivity contribution in [2.45, 2.75) is 44.9 Å². The smallest absolute Gasteiger partial charge is 0.383 e. The molecule has 142 valence electrons. The number of methoxy groups -OCH3 is 1. The number of hydrogen-bond donors (Lipinski definition) is 1. The summed E-state index contributed by atoms with van der Waals surface area (Å²) in [6, 6.07) is -0.569. The normalized spacial score (nSPS) is 20.5. The van der Waals surface area contributed by atoms with Gasteiger partial charge in [-0.3, -0.25) is 9.48 Å². The molecule has 0 bridgehead atoms. The Morgan fingerprint density at radius 1 is 1.48 bits per heavy atom. The molecule has 1 N–H and O–H groups in total. The van der Waals surface area contributed by atoms with Crippen molar-refractivity contribution in [1.82, 2.24) is 20.0 Å². The van der Waals surface area contributed by atoms with Crippen LogP contribution in [0.2, 0.25) is 0 Å². The van der Waals surface area contributed by atoms with Gasteiger partial charge in [-0.15, -0.1) is 0 Å². The molecule has 25 heavy (non-hydrogen) atoms. The first-order valence-electron chi connectivity index (χ1n) is 8.29. The first-order chi connectivity index (χ1) is 11.6. The number of nitrogens with one attached hydrogen (secondary N) is 1. The monoisotopic (exact) mass is 362 g/mol. The van der Waals surface area contributed by atoms with Crippen LogP contribution in [-0.2, 0) is 10.9 Å². The SMILES string of the molecule is COCC(C)NC(=O)c1c(C(F)(F)F)nn(C2CCCN(C)C2)c1C. The van der Waals surface area contributed by atoms with Crippen LogP contribution in [0.15, 0.2) is 0 Å². The quantitative estimate of drug-likeness (QED) is 0.873. The third-order valence-electron chi connectivity index (χ3n) is 4.39. The van der Waals surface area contributed by atoms with E-state index in [0.29, 0.717) is 6.54 Å². The molecule has 6 nitrogen and oxygen atoms in total. The maximum Gasteiger partial charge on any atom is 0.435 e. The Hall–Kier alpha value is -1.61. The Labute approximate surface area is 145 Å². The molecule has 1 saturated heterocycles. The summed E-state index contributed by atoms with van der Waals surface area (Å²) in [6.45, 7) is 4.93. The zero-order chi connectivity index (χ0) is 18.8. The maximum atomic E-state index is 13.4. The van der Waals surface area contributed by atoms with Crippen LogP contribution in [-0.4, -0.2) is 60.5 Å². The second-order valence-corrected chi connectivity index (χ2v) is 6.64. The van der Waals surface area contributed by atoms with Crippen molar-refractivity contribution in [3.8, 4) is 0 Å². The Morgan fingerprint density at radius 2 is 2.16 bits per heavy atom. The summed E-state index contributed by atoms with van der Waals surface area (Å²) in [5, 5.41) is 6.33. The molecular formula is C16H25F3N4O2. The number of nitrogens with zero attached hydrogens (tertiary/aromatic N) is 3. The van der Waals surface area contributed by atoms with Crippen LogP contribution in [0.5, 0.6) is 0 Å². The van der Waals surface area contributed by atoms with Crippen LogP contribution in [0, 0.1) is 6.92 Å². The van der Waals surface area contributed by atoms with Crippen molar-refractivity contribution in [2.75, 3.05) is 33.9 Å². The average molecular weight is 362 g/mol. The zero-order valence-electron chi connectivity index (χ0n) is 15.0. The van der Waals surface area contributed by atoms with Gasteiger partial charge in [0, 0.05) is 25.4 Å². The number of amides is 1. The second kappa shape index (κ2) is 7.74. The summed E-state index contributed by atoms with van der Waals surface area (Å²) >= 11 is 0. The van der Waals surface area contributed by atoms with E-state index in [1.807, 2.05) is 7.05 Å². The lowest BCUT2D eigenvalue weighted by Crippen LogP contribution is -2.37. The van der Waals surface area contributed by atoms with Crippen molar-refractivity contribution in [3.63, 3.8) is 0 Å². The van der Waals surface area contributed by atoms with Crippen molar-refractivity contribution in [1.29, 1.82) is 0 Å². The van der Waals surface area contributed by atoms with E-state index >= 15 is 0 Å². The van der Waals surface area contributed by atoms with Gasteiger partial charge in [-0.1, -0.05) is 0 Å². The minimum Gasteiger partial charge on any atom is -0.383 e. The van der Waals surface area contributed by atoms with E-state index in [-0.39, 0.29) is 18.3 Å². The highest BCUT2D eigenvalue weighted by Gasteiger charge is 2.41. The number of aromatic nitrogens is 2. The lowest BCUT2D eigenvalue weighted by molar-refractivity contribution is -0.142. The lowest BCUT2D eigenvalue weighted by Gasteiger charge is -2.30. The van der Waals surface area contributed by atoms with Gasteiger partial charge in [0.15, 0.2) is 5.69 Å². The Kier molecular flexibility index (Phi) is 6.10. The fraction of sp³-hybridized carbons (Fsp3) is 0.750. The molecule has 0 saturated carbocycles. The number of hydrogen-bond acceptors (Lipinski definition) is 4. The predicted molar refractivity (Wildman–Crippen MR) is 86.5 cm³/mol. The summed E-state index contributed by atoms with van der Waals surface area (Å²) in [7, 11) is 3.39. The molecule has 2 heterocycles. The second-order valence-electron chi connectivity index (χ2n) is 6.64. The molecular weight excluding hydrogens is 337 g/mol. The fourth-order valence-corrected chi connectivity index (χ4v) is 3.27. The van der Waals surface area contributed by atoms with Crippen molar-refractivity contribution in [2.24, 2.45) is 0 Å². The molecule has 2 unspecified atom stereocenters. The molecule has 0 aliphatic carbocycles. The third kappa shape index (κ3) is 4.52. The van der Waals surface area contributed by atoms with E-state index in [1.165, 1.54) is 18.7 Å². The summed E-state index contributed by atoms with van der Waals surface area (Å²) in [4.78, 5) is 14.5. The molecule has 1 fully saturated rings. The molecule has 1 aromatic rings. The lowest BCUT2D eigenvalue weighted by atomic mass is 10.1. The standard InChI is InChI=1S/C16H25F3N4O2/c1-10(9-25-4)20-15(24)13-11(2)23(21-14(13)16(17,18)19)12-6-5-7-22(3)8-12/h10,12H,5-9H2,1-4H3,(H,20,24). The summed E-state index contributed by atoms with van der Waals surface area (Å²) in [5.74, 6) is -0.773. The van der Waals surface area contributed by atoms with Gasteiger partial charge < -0.3 is 15.0 Å². The number of likely N-dealkylation sites (tertiary alicyclic amines) is 1. The van der Waals surface area contributed by atoms with Gasteiger partial charge in [-0.2, -0.15) is 18.3 Å². The third-order valence-corrected chi connectivity index (χ3v) is 4.39. The molecule has 1 aliphatic heterocycles. The molecule has 1 aromatic heterocycles. The Morgan fingerprint density at radius 3 is 2.72 bits per heavy atom. The fourth-order valence-electron chi connectivity index (χ4n) is 3.27. The number of carbonyl (C=O) groups excluding carboxylic acids is 1. The minimum atomic E-state index is -4.69. The largest absolute Gasteiger partial charge is 0.435 e. The average Bonchev–Trinajstić information content (AvgIpc) is 2.85. The number of ether oxygens (including phenoxy) is 1. The van der Waals surface area contributed by atoms with Crippen molar-refractivity contribution >= 4 is 5.91 Å². The number of likely N-dealkylation sites (N-methyl/N-ethyl adjacent to an activating group) is 1.